The number of unbranched alkanes of at least 4 members (excludes halogenated alkanes) is 5. The molecule has 0 N–H and O–H groups in total. The van der Waals surface area contributed by atoms with E-state index >= 15 is 0 Å². The van der Waals surface area contributed by atoms with Gasteiger partial charge in [0.1, 0.15) is 0 Å². The minimum absolute atomic E-state index is 0.130. The summed E-state index contributed by atoms with van der Waals surface area (Å²) in [4.78, 5) is 31.9. The number of benzene rings is 2. The molecule has 2 aliphatic rings. The van der Waals surface area contributed by atoms with E-state index in [0.717, 1.165) is 72.1 Å². The van der Waals surface area contributed by atoms with E-state index in [0.29, 0.717) is 13.2 Å². The van der Waals surface area contributed by atoms with Crippen molar-refractivity contribution in [2.24, 2.45) is 0 Å². The number of Topliss-reactive ketones (excluding diaryl/α,β-unsaturated/α-hetero) is 2. The van der Waals surface area contributed by atoms with Crippen molar-refractivity contribution in [2.75, 3.05) is 39.4 Å². The summed E-state index contributed by atoms with van der Waals surface area (Å²) in [5.74, 6) is 0.269. The van der Waals surface area contributed by atoms with Crippen LogP contribution in [0, 0.1) is 0 Å². The SMILES string of the molecule is CCCCCCCCn1c2ccc(C(=O)C(C)N3CCOC(C)C3)cc2c2cc(C(=O)C(C)N3CCOC(C)C3)ccc21. The number of hydrogen-bond donors (Lipinski definition) is 0. The molecule has 0 saturated carbocycles. The number of ether oxygens (including phenoxy) is 2. The van der Waals surface area contributed by atoms with Gasteiger partial charge in [-0.1, -0.05) is 39.0 Å². The van der Waals surface area contributed by atoms with Gasteiger partial charge in [-0.25, -0.2) is 0 Å². The molecule has 2 aromatic carbocycles. The smallest absolute Gasteiger partial charge is 0.179 e. The first-order chi connectivity index (χ1) is 20.8. The highest BCUT2D eigenvalue weighted by Gasteiger charge is 2.29. The van der Waals surface area contributed by atoms with Crippen molar-refractivity contribution in [1.29, 1.82) is 0 Å². The van der Waals surface area contributed by atoms with Crippen molar-refractivity contribution in [3.8, 4) is 0 Å². The molecule has 0 bridgehead atoms. The van der Waals surface area contributed by atoms with Gasteiger partial charge in [0.25, 0.3) is 0 Å². The molecule has 0 spiro atoms. The lowest BCUT2D eigenvalue weighted by Gasteiger charge is -2.34. The Morgan fingerprint density at radius 1 is 0.744 bits per heavy atom. The maximum absolute atomic E-state index is 13.7. The number of aromatic nitrogens is 1. The van der Waals surface area contributed by atoms with Gasteiger partial charge >= 0.3 is 0 Å². The van der Waals surface area contributed by atoms with E-state index in [1.165, 1.54) is 32.1 Å². The Labute approximate surface area is 257 Å². The number of aryl methyl sites for hydroxylation is 1. The van der Waals surface area contributed by atoms with Gasteiger partial charge in [-0.3, -0.25) is 19.4 Å². The molecule has 0 radical (unpaired) electrons. The summed E-state index contributed by atoms with van der Waals surface area (Å²) in [6, 6.07) is 11.9. The highest BCUT2D eigenvalue weighted by molar-refractivity contribution is 6.14. The molecule has 1 aromatic heterocycles. The fraction of sp³-hybridized carbons (Fsp3) is 0.611. The van der Waals surface area contributed by atoms with Crippen molar-refractivity contribution in [3.63, 3.8) is 0 Å². The van der Waals surface area contributed by atoms with Crippen LogP contribution in [0.1, 0.15) is 93.9 Å². The summed E-state index contributed by atoms with van der Waals surface area (Å²) in [5.41, 5.74) is 3.72. The van der Waals surface area contributed by atoms with Crippen LogP contribution in [0.2, 0.25) is 0 Å². The molecule has 234 valence electrons. The number of rotatable bonds is 13. The van der Waals surface area contributed by atoms with Gasteiger partial charge in [0.15, 0.2) is 11.6 Å². The first-order valence-corrected chi connectivity index (χ1v) is 16.6. The van der Waals surface area contributed by atoms with Crippen LogP contribution in [0.15, 0.2) is 36.4 Å². The third-order valence-corrected chi connectivity index (χ3v) is 9.57. The number of fused-ring (bicyclic) bond motifs is 3. The number of nitrogens with zero attached hydrogens (tertiary/aromatic N) is 3. The maximum atomic E-state index is 13.7. The molecule has 2 fully saturated rings. The van der Waals surface area contributed by atoms with Crippen LogP contribution in [0.25, 0.3) is 21.8 Å². The predicted octanol–water partition coefficient (Wildman–Crippen LogP) is 6.74. The average molecular weight is 590 g/mol. The van der Waals surface area contributed by atoms with E-state index in [-0.39, 0.29) is 35.9 Å². The van der Waals surface area contributed by atoms with Gasteiger partial charge in [0.2, 0.25) is 0 Å². The average Bonchev–Trinajstić information content (AvgIpc) is 3.33. The van der Waals surface area contributed by atoms with Gasteiger partial charge in [-0.2, -0.15) is 0 Å². The summed E-state index contributed by atoms with van der Waals surface area (Å²) in [6.07, 6.45) is 7.69. The lowest BCUT2D eigenvalue weighted by atomic mass is 9.98. The monoisotopic (exact) mass is 589 g/mol. The van der Waals surface area contributed by atoms with Crippen molar-refractivity contribution in [2.45, 2.75) is 104 Å². The van der Waals surface area contributed by atoms with Crippen molar-refractivity contribution >= 4 is 33.4 Å². The normalized spacial score (nSPS) is 21.8. The van der Waals surface area contributed by atoms with Crippen LogP contribution in [0.4, 0.5) is 0 Å². The van der Waals surface area contributed by atoms with Crippen molar-refractivity contribution < 1.29 is 19.1 Å². The molecule has 0 aliphatic carbocycles. The first-order valence-electron chi connectivity index (χ1n) is 16.6. The molecule has 4 unspecified atom stereocenters. The molecule has 4 atom stereocenters. The van der Waals surface area contributed by atoms with Gasteiger partial charge in [0, 0.05) is 65.7 Å². The Bertz CT molecular complexity index is 1320. The van der Waals surface area contributed by atoms with Gasteiger partial charge < -0.3 is 14.0 Å². The highest BCUT2D eigenvalue weighted by Crippen LogP contribution is 2.32. The topological polar surface area (TPSA) is 64.0 Å². The lowest BCUT2D eigenvalue weighted by Crippen LogP contribution is -2.48. The standard InChI is InChI=1S/C36H51N3O4/c1-6-7-8-9-10-11-16-39-33-14-12-29(35(40)27(4)37-17-19-42-25(2)23-37)21-31(33)32-22-30(13-15-34(32)39)36(41)28(5)38-18-20-43-26(3)24-38/h12-15,21-22,25-28H,6-11,16-20,23-24H2,1-5H3. The van der Waals surface area contributed by atoms with E-state index < -0.39 is 0 Å². The molecule has 2 saturated heterocycles. The Hall–Kier alpha value is -2.58. The number of hydrogen-bond acceptors (Lipinski definition) is 6. The molecule has 7 heteroatoms. The molecule has 7 nitrogen and oxygen atoms in total. The van der Waals surface area contributed by atoms with E-state index in [1.807, 2.05) is 26.0 Å². The van der Waals surface area contributed by atoms with Crippen molar-refractivity contribution in [3.05, 3.63) is 47.5 Å². The Balaban J connectivity index is 1.47. The summed E-state index contributed by atoms with van der Waals surface area (Å²) in [5, 5.41) is 2.10. The van der Waals surface area contributed by atoms with Crippen molar-refractivity contribution in [1.82, 2.24) is 14.4 Å². The summed E-state index contributed by atoms with van der Waals surface area (Å²) in [7, 11) is 0. The van der Waals surface area contributed by atoms with Crippen LogP contribution in [-0.2, 0) is 16.0 Å². The molecule has 5 rings (SSSR count). The van der Waals surface area contributed by atoms with Crippen LogP contribution in [-0.4, -0.2) is 89.6 Å². The summed E-state index contributed by atoms with van der Waals surface area (Å²) < 4.78 is 13.8. The number of carbonyl (C=O) groups excluding carboxylic acids is 2. The zero-order valence-corrected chi connectivity index (χ0v) is 26.9. The zero-order valence-electron chi connectivity index (χ0n) is 26.9. The molecule has 3 aromatic rings. The molecular weight excluding hydrogens is 538 g/mol. The van der Waals surface area contributed by atoms with Gasteiger partial charge in [-0.05, 0) is 70.5 Å². The second-order valence-corrected chi connectivity index (χ2v) is 12.8. The predicted molar refractivity (Wildman–Crippen MR) is 174 cm³/mol. The lowest BCUT2D eigenvalue weighted by molar-refractivity contribution is -0.0279. The second kappa shape index (κ2) is 14.5. The van der Waals surface area contributed by atoms with E-state index in [2.05, 4.69) is 59.4 Å². The molecule has 43 heavy (non-hydrogen) atoms. The van der Waals surface area contributed by atoms with Crippen LogP contribution >= 0.6 is 0 Å². The molecular formula is C36H51N3O4. The maximum Gasteiger partial charge on any atom is 0.179 e. The molecule has 3 heterocycles. The minimum Gasteiger partial charge on any atom is -0.376 e. The minimum atomic E-state index is -0.214. The van der Waals surface area contributed by atoms with Gasteiger partial charge in [-0.15, -0.1) is 0 Å². The van der Waals surface area contributed by atoms with E-state index in [4.69, 9.17) is 9.47 Å². The molecule has 2 aliphatic heterocycles. The zero-order chi connectivity index (χ0) is 30.5. The van der Waals surface area contributed by atoms with Crippen LogP contribution < -0.4 is 0 Å². The summed E-state index contributed by atoms with van der Waals surface area (Å²) in [6.45, 7) is 15.7. The van der Waals surface area contributed by atoms with Crippen LogP contribution in [0.3, 0.4) is 0 Å². The Morgan fingerprint density at radius 2 is 1.21 bits per heavy atom. The Kier molecular flexibility index (Phi) is 10.7. The fourth-order valence-electron chi connectivity index (χ4n) is 6.91. The van der Waals surface area contributed by atoms with Crippen LogP contribution in [0.5, 0.6) is 0 Å². The Morgan fingerprint density at radius 3 is 1.67 bits per heavy atom. The van der Waals surface area contributed by atoms with E-state index in [1.54, 1.807) is 0 Å². The quantitative estimate of drug-likeness (QED) is 0.163. The van der Waals surface area contributed by atoms with Gasteiger partial charge in [0.05, 0.1) is 37.5 Å². The first kappa shape index (κ1) is 31.8. The summed E-state index contributed by atoms with van der Waals surface area (Å²) >= 11 is 0. The molecule has 0 amide bonds. The third-order valence-electron chi connectivity index (χ3n) is 9.57. The number of morpholine rings is 2. The highest BCUT2D eigenvalue weighted by atomic mass is 16.5. The fourth-order valence-corrected chi connectivity index (χ4v) is 6.91. The third kappa shape index (κ3) is 7.22. The second-order valence-electron chi connectivity index (χ2n) is 12.8. The number of ketones is 2. The van der Waals surface area contributed by atoms with E-state index in [9.17, 15) is 9.59 Å². The number of carbonyl (C=O) groups is 2. The largest absolute Gasteiger partial charge is 0.376 e.